The van der Waals surface area contributed by atoms with Crippen LogP contribution in [-0.2, 0) is 6.61 Å². The number of hydrazone groups is 1. The van der Waals surface area contributed by atoms with Gasteiger partial charge in [-0.2, -0.15) is 10.2 Å². The number of hydrogen-bond acceptors (Lipinski definition) is 4. The maximum Gasteiger partial charge on any atom is 0.332 e. The van der Waals surface area contributed by atoms with Crippen molar-refractivity contribution in [2.45, 2.75) is 6.61 Å². The van der Waals surface area contributed by atoms with Crippen LogP contribution < -0.4 is 15.9 Å². The summed E-state index contributed by atoms with van der Waals surface area (Å²) in [5, 5.41) is 8.60. The summed E-state index contributed by atoms with van der Waals surface area (Å²) in [6.45, 7) is 0.500. The number of nitrogens with zero attached hydrogens (tertiary/aromatic N) is 3. The van der Waals surface area contributed by atoms with E-state index in [1.165, 1.54) is 6.21 Å². The summed E-state index contributed by atoms with van der Waals surface area (Å²) < 4.78 is 7.63. The molecule has 3 aromatic carbocycles. The van der Waals surface area contributed by atoms with Gasteiger partial charge in [-0.3, -0.25) is 0 Å². The largest absolute Gasteiger partial charge is 0.489 e. The molecule has 0 saturated heterocycles. The number of amides is 2. The Morgan fingerprint density at radius 1 is 1.00 bits per heavy atom. The molecule has 4 aromatic rings. The van der Waals surface area contributed by atoms with Crippen molar-refractivity contribution < 1.29 is 9.53 Å². The zero-order valence-corrected chi connectivity index (χ0v) is 16.7. The monoisotopic (exact) mass is 411 g/mol. The van der Waals surface area contributed by atoms with Gasteiger partial charge in [0, 0.05) is 17.3 Å². The third-order valence-electron chi connectivity index (χ3n) is 4.52. The lowest BCUT2D eigenvalue weighted by Gasteiger charge is -2.07. The van der Waals surface area contributed by atoms with Gasteiger partial charge in [0.1, 0.15) is 18.1 Å². The molecule has 2 amide bonds. The van der Waals surface area contributed by atoms with Gasteiger partial charge < -0.3 is 10.5 Å². The molecule has 0 bridgehead atoms. The fourth-order valence-electron chi connectivity index (χ4n) is 3.03. The maximum atomic E-state index is 10.9. The van der Waals surface area contributed by atoms with E-state index < -0.39 is 6.03 Å². The highest BCUT2D eigenvalue weighted by Crippen LogP contribution is 2.25. The van der Waals surface area contributed by atoms with E-state index in [1.54, 1.807) is 4.68 Å². The highest BCUT2D eigenvalue weighted by molar-refractivity contribution is 5.89. The number of rotatable bonds is 7. The van der Waals surface area contributed by atoms with E-state index in [0.717, 1.165) is 28.1 Å². The number of para-hydroxylation sites is 1. The number of primary amides is 1. The minimum Gasteiger partial charge on any atom is -0.489 e. The van der Waals surface area contributed by atoms with Crippen LogP contribution in [-0.4, -0.2) is 22.0 Å². The van der Waals surface area contributed by atoms with Crippen LogP contribution in [0.3, 0.4) is 0 Å². The smallest absolute Gasteiger partial charge is 0.332 e. The molecule has 7 nitrogen and oxygen atoms in total. The Morgan fingerprint density at radius 2 is 1.68 bits per heavy atom. The van der Waals surface area contributed by atoms with Gasteiger partial charge in [0.05, 0.1) is 11.9 Å². The van der Waals surface area contributed by atoms with Gasteiger partial charge in [0.15, 0.2) is 0 Å². The van der Waals surface area contributed by atoms with Gasteiger partial charge >= 0.3 is 6.03 Å². The zero-order chi connectivity index (χ0) is 21.5. The first-order valence-corrected chi connectivity index (χ1v) is 9.70. The highest BCUT2D eigenvalue weighted by Gasteiger charge is 2.11. The number of ether oxygens (including phenoxy) is 1. The third kappa shape index (κ3) is 5.16. The lowest BCUT2D eigenvalue weighted by molar-refractivity contribution is 0.249. The molecule has 7 heteroatoms. The van der Waals surface area contributed by atoms with Crippen LogP contribution in [0.1, 0.15) is 11.1 Å². The van der Waals surface area contributed by atoms with Crippen LogP contribution in [0.25, 0.3) is 16.9 Å². The topological polar surface area (TPSA) is 94.5 Å². The van der Waals surface area contributed by atoms with Crippen molar-refractivity contribution in [3.8, 4) is 22.7 Å². The molecular formula is C24H21N5O2. The molecule has 0 aliphatic carbocycles. The van der Waals surface area contributed by atoms with E-state index in [0.29, 0.717) is 12.3 Å². The first-order chi connectivity index (χ1) is 15.2. The molecule has 0 atom stereocenters. The summed E-state index contributed by atoms with van der Waals surface area (Å²) in [6, 6.07) is 26.7. The number of urea groups is 1. The molecule has 0 fully saturated rings. The molecule has 1 aromatic heterocycles. The van der Waals surface area contributed by atoms with Gasteiger partial charge in [-0.15, -0.1) is 0 Å². The number of hydrogen-bond donors (Lipinski definition) is 2. The Balaban J connectivity index is 1.58. The molecule has 1 heterocycles. The Bertz CT molecular complexity index is 1170. The number of carbonyl (C=O) groups excluding carboxylic acids is 1. The van der Waals surface area contributed by atoms with E-state index in [4.69, 9.17) is 15.6 Å². The normalized spacial score (nSPS) is 10.8. The molecule has 3 N–H and O–H groups in total. The molecule has 0 radical (unpaired) electrons. The number of aromatic nitrogens is 2. The summed E-state index contributed by atoms with van der Waals surface area (Å²) >= 11 is 0. The van der Waals surface area contributed by atoms with Crippen molar-refractivity contribution in [3.05, 3.63) is 102 Å². The second-order valence-electron chi connectivity index (χ2n) is 6.75. The molecule has 0 unspecified atom stereocenters. The SMILES string of the molecule is NC(=O)NN=Cc1cn(-c2ccccc2)nc1-c1ccc(OCc2ccccc2)cc1. The van der Waals surface area contributed by atoms with Gasteiger partial charge in [0.25, 0.3) is 0 Å². The van der Waals surface area contributed by atoms with E-state index in [-0.39, 0.29) is 0 Å². The molecule has 154 valence electrons. The number of carbonyl (C=O) groups is 1. The molecule has 0 saturated carbocycles. The quantitative estimate of drug-likeness (QED) is 0.354. The minimum atomic E-state index is -0.729. The standard InChI is InChI=1S/C24H21N5O2/c25-24(30)27-26-15-20-16-29(21-9-5-2-6-10-21)28-23(20)19-11-13-22(14-12-19)31-17-18-7-3-1-4-8-18/h1-16H,17H2,(H3,25,27,30). The maximum absolute atomic E-state index is 10.9. The third-order valence-corrected chi connectivity index (χ3v) is 4.52. The predicted octanol–water partition coefficient (Wildman–Crippen LogP) is 4.12. The van der Waals surface area contributed by atoms with Gasteiger partial charge in [0.2, 0.25) is 0 Å². The number of nitrogens with one attached hydrogen (secondary N) is 1. The average Bonchev–Trinajstić information content (AvgIpc) is 3.23. The highest BCUT2D eigenvalue weighted by atomic mass is 16.5. The fourth-order valence-corrected chi connectivity index (χ4v) is 3.03. The van der Waals surface area contributed by atoms with Crippen molar-refractivity contribution in [1.82, 2.24) is 15.2 Å². The Morgan fingerprint density at radius 3 is 2.35 bits per heavy atom. The fraction of sp³-hybridized carbons (Fsp3) is 0.0417. The minimum absolute atomic E-state index is 0.500. The van der Waals surface area contributed by atoms with Crippen molar-refractivity contribution in [2.75, 3.05) is 0 Å². The van der Waals surface area contributed by atoms with Crippen LogP contribution in [0.5, 0.6) is 5.75 Å². The van der Waals surface area contributed by atoms with Crippen LogP contribution in [0, 0.1) is 0 Å². The molecule has 31 heavy (non-hydrogen) atoms. The molecular weight excluding hydrogens is 390 g/mol. The lowest BCUT2D eigenvalue weighted by Crippen LogP contribution is -2.24. The average molecular weight is 411 g/mol. The van der Waals surface area contributed by atoms with Gasteiger partial charge in [-0.1, -0.05) is 48.5 Å². The molecule has 0 spiro atoms. The second kappa shape index (κ2) is 9.41. The first kappa shape index (κ1) is 19.9. The van der Waals surface area contributed by atoms with E-state index >= 15 is 0 Å². The second-order valence-corrected chi connectivity index (χ2v) is 6.75. The Kier molecular flexibility index (Phi) is 6.04. The van der Waals surface area contributed by atoms with Crippen LogP contribution in [0.15, 0.2) is 96.2 Å². The van der Waals surface area contributed by atoms with E-state index in [1.807, 2.05) is 91.1 Å². The molecule has 0 aliphatic heterocycles. The van der Waals surface area contributed by atoms with Crippen molar-refractivity contribution in [2.24, 2.45) is 10.8 Å². The van der Waals surface area contributed by atoms with Gasteiger partial charge in [-0.25, -0.2) is 14.9 Å². The summed E-state index contributed by atoms with van der Waals surface area (Å²) in [7, 11) is 0. The predicted molar refractivity (Wildman–Crippen MR) is 120 cm³/mol. The van der Waals surface area contributed by atoms with Crippen molar-refractivity contribution in [3.63, 3.8) is 0 Å². The summed E-state index contributed by atoms with van der Waals surface area (Å²) in [4.78, 5) is 10.9. The van der Waals surface area contributed by atoms with E-state index in [2.05, 4.69) is 10.5 Å². The number of nitrogens with two attached hydrogens (primary N) is 1. The van der Waals surface area contributed by atoms with Crippen molar-refractivity contribution >= 4 is 12.2 Å². The van der Waals surface area contributed by atoms with Gasteiger partial charge in [-0.05, 0) is 42.0 Å². The van der Waals surface area contributed by atoms with Crippen LogP contribution >= 0.6 is 0 Å². The lowest BCUT2D eigenvalue weighted by atomic mass is 10.1. The zero-order valence-electron chi connectivity index (χ0n) is 16.7. The summed E-state index contributed by atoms with van der Waals surface area (Å²) in [6.07, 6.45) is 3.36. The molecule has 4 rings (SSSR count). The van der Waals surface area contributed by atoms with E-state index in [9.17, 15) is 4.79 Å². The number of benzene rings is 3. The molecule has 0 aliphatic rings. The van der Waals surface area contributed by atoms with Crippen LogP contribution in [0.2, 0.25) is 0 Å². The van der Waals surface area contributed by atoms with Crippen LogP contribution in [0.4, 0.5) is 4.79 Å². The summed E-state index contributed by atoms with van der Waals surface area (Å²) in [5.74, 6) is 0.765. The Labute approximate surface area is 179 Å². The first-order valence-electron chi connectivity index (χ1n) is 9.70. The Hall–Kier alpha value is -4.39. The van der Waals surface area contributed by atoms with Crippen molar-refractivity contribution in [1.29, 1.82) is 0 Å². The summed E-state index contributed by atoms with van der Waals surface area (Å²) in [5.41, 5.74) is 11.7.